The molecule has 0 bridgehead atoms. The molecule has 1 aliphatic heterocycles. The lowest BCUT2D eigenvalue weighted by atomic mass is 10.0. The highest BCUT2D eigenvalue weighted by atomic mass is 79.9. The monoisotopic (exact) mass is 428 g/mol. The largest absolute Gasteiger partial charge is 0.506 e. The molecule has 2 heterocycles. The molecule has 1 aliphatic rings. The molecule has 0 aliphatic carbocycles. The van der Waals surface area contributed by atoms with E-state index in [2.05, 4.69) is 37.0 Å². The smallest absolute Gasteiger partial charge is 0.211 e. The zero-order chi connectivity index (χ0) is 15.9. The molecule has 0 amide bonds. The molecule has 0 saturated carbocycles. The van der Waals surface area contributed by atoms with Crippen molar-refractivity contribution in [3.05, 3.63) is 43.6 Å². The number of benzene rings is 1. The van der Waals surface area contributed by atoms with Gasteiger partial charge in [0, 0.05) is 24.1 Å². The second-order valence-electron chi connectivity index (χ2n) is 5.01. The lowest BCUT2D eigenvalue weighted by Crippen LogP contribution is -2.14. The normalized spacial score (nSPS) is 14.0. The molecule has 116 valence electrons. The Balaban J connectivity index is 2.11. The molecule has 7 heteroatoms. The van der Waals surface area contributed by atoms with Gasteiger partial charge < -0.3 is 9.84 Å². The number of aromatic hydroxyl groups is 1. The van der Waals surface area contributed by atoms with E-state index in [1.54, 1.807) is 16.8 Å². The van der Waals surface area contributed by atoms with E-state index >= 15 is 0 Å². The van der Waals surface area contributed by atoms with Crippen LogP contribution in [-0.4, -0.2) is 27.3 Å². The average Bonchev–Trinajstić information content (AvgIpc) is 2.89. The van der Waals surface area contributed by atoms with Crippen LogP contribution in [0.15, 0.2) is 21.1 Å². The first kappa shape index (κ1) is 15.7. The van der Waals surface area contributed by atoms with Gasteiger partial charge in [0.05, 0.1) is 27.9 Å². The molecule has 1 aromatic carbocycles. The highest BCUT2D eigenvalue weighted by molar-refractivity contribution is 9.11. The molecule has 0 radical (unpaired) electrons. The molecule has 5 nitrogen and oxygen atoms in total. The van der Waals surface area contributed by atoms with Crippen LogP contribution in [0.3, 0.4) is 0 Å². The summed E-state index contributed by atoms with van der Waals surface area (Å²) in [5.41, 5.74) is 2.87. The predicted molar refractivity (Wildman–Crippen MR) is 88.2 cm³/mol. The van der Waals surface area contributed by atoms with Crippen molar-refractivity contribution in [1.29, 1.82) is 0 Å². The fraction of sp³-hybridized carbons (Fsp3) is 0.333. The summed E-state index contributed by atoms with van der Waals surface area (Å²) in [4.78, 5) is 12.9. The van der Waals surface area contributed by atoms with Gasteiger partial charge in [-0.25, -0.2) is 0 Å². The molecule has 1 aromatic heterocycles. The van der Waals surface area contributed by atoms with Gasteiger partial charge in [-0.05, 0) is 50.9 Å². The summed E-state index contributed by atoms with van der Waals surface area (Å²) in [6.45, 7) is 3.63. The maximum Gasteiger partial charge on any atom is 0.211 e. The van der Waals surface area contributed by atoms with Crippen molar-refractivity contribution >= 4 is 37.6 Å². The summed E-state index contributed by atoms with van der Waals surface area (Å²) in [5, 5.41) is 14.3. The van der Waals surface area contributed by atoms with Gasteiger partial charge in [-0.1, -0.05) is 0 Å². The summed E-state index contributed by atoms with van der Waals surface area (Å²) in [7, 11) is 0. The van der Waals surface area contributed by atoms with E-state index in [0.29, 0.717) is 40.0 Å². The number of fused-ring (bicyclic) bond motifs is 1. The Labute approximate surface area is 144 Å². The van der Waals surface area contributed by atoms with E-state index in [1.807, 2.05) is 6.92 Å². The maximum atomic E-state index is 12.9. The van der Waals surface area contributed by atoms with Crippen molar-refractivity contribution in [2.24, 2.45) is 0 Å². The zero-order valence-electron chi connectivity index (χ0n) is 11.9. The minimum Gasteiger partial charge on any atom is -0.506 e. The Bertz CT molecular complexity index is 732. The second kappa shape index (κ2) is 6.14. The molecule has 3 rings (SSSR count). The summed E-state index contributed by atoms with van der Waals surface area (Å²) >= 11 is 6.52. The minimum absolute atomic E-state index is 0.0749. The molecule has 0 fully saturated rings. The fourth-order valence-electron chi connectivity index (χ4n) is 2.56. The van der Waals surface area contributed by atoms with Crippen molar-refractivity contribution in [2.45, 2.75) is 26.5 Å². The van der Waals surface area contributed by atoms with E-state index in [9.17, 15) is 9.90 Å². The van der Waals surface area contributed by atoms with Crippen LogP contribution in [0.25, 0.3) is 0 Å². The summed E-state index contributed by atoms with van der Waals surface area (Å²) in [6.07, 6.45) is 0.728. The third kappa shape index (κ3) is 2.61. The highest BCUT2D eigenvalue weighted by Crippen LogP contribution is 2.34. The van der Waals surface area contributed by atoms with Crippen LogP contribution in [0.5, 0.6) is 5.75 Å². The maximum absolute atomic E-state index is 12.9. The zero-order valence-corrected chi connectivity index (χ0v) is 15.1. The number of halogens is 2. The van der Waals surface area contributed by atoms with Crippen LogP contribution >= 0.6 is 31.9 Å². The highest BCUT2D eigenvalue weighted by Gasteiger charge is 2.26. The third-order valence-electron chi connectivity index (χ3n) is 3.66. The molecule has 0 unspecified atom stereocenters. The van der Waals surface area contributed by atoms with Gasteiger partial charge in [-0.2, -0.15) is 5.10 Å². The number of phenolic OH excluding ortho intramolecular Hbond substituents is 1. The Kier molecular flexibility index (Phi) is 4.38. The molecule has 0 atom stereocenters. The van der Waals surface area contributed by atoms with Crippen molar-refractivity contribution in [3.63, 3.8) is 0 Å². The topological polar surface area (TPSA) is 64.4 Å². The summed E-state index contributed by atoms with van der Waals surface area (Å²) in [5.74, 6) is -0.0478. The van der Waals surface area contributed by atoms with Crippen LogP contribution in [-0.2, 0) is 24.3 Å². The van der Waals surface area contributed by atoms with Crippen molar-refractivity contribution in [3.8, 4) is 5.75 Å². The number of rotatable bonds is 3. The molecular formula is C15H14Br2N2O3. The molecule has 2 aromatic rings. The number of aromatic nitrogens is 2. The number of phenols is 1. The molecule has 0 saturated heterocycles. The SMILES string of the molecule is CCn1nc2c(c1C(=O)c1cc(Br)c(O)c(Br)c1)COCC2. The van der Waals surface area contributed by atoms with E-state index < -0.39 is 0 Å². The van der Waals surface area contributed by atoms with Gasteiger partial charge in [0.25, 0.3) is 0 Å². The van der Waals surface area contributed by atoms with Gasteiger partial charge in [-0.15, -0.1) is 0 Å². The predicted octanol–water partition coefficient (Wildman–Crippen LogP) is 3.44. The van der Waals surface area contributed by atoms with Crippen LogP contribution in [0.1, 0.15) is 34.2 Å². The van der Waals surface area contributed by atoms with Gasteiger partial charge >= 0.3 is 0 Å². The fourth-order valence-corrected chi connectivity index (χ4v) is 3.75. The second-order valence-corrected chi connectivity index (χ2v) is 6.72. The standard InChI is InChI=1S/C15H14Br2N2O3/c1-2-19-13(9-7-22-4-3-12(9)18-19)14(20)8-5-10(16)15(21)11(17)6-8/h5-6,21H,2-4,7H2,1H3. The number of aryl methyl sites for hydroxylation is 1. The minimum atomic E-state index is -0.123. The van der Waals surface area contributed by atoms with Crippen LogP contribution in [0, 0.1) is 0 Å². The summed E-state index contributed by atoms with van der Waals surface area (Å²) < 4.78 is 8.16. The number of carbonyl (C=O) groups is 1. The number of hydrogen-bond acceptors (Lipinski definition) is 4. The van der Waals surface area contributed by atoms with Crippen molar-refractivity contribution in [2.75, 3.05) is 6.61 Å². The molecule has 22 heavy (non-hydrogen) atoms. The molecule has 1 N–H and O–H groups in total. The number of hydrogen-bond donors (Lipinski definition) is 1. The molecular weight excluding hydrogens is 416 g/mol. The lowest BCUT2D eigenvalue weighted by molar-refractivity contribution is 0.0991. The Morgan fingerprint density at radius 3 is 2.73 bits per heavy atom. The van der Waals surface area contributed by atoms with E-state index in [0.717, 1.165) is 17.7 Å². The summed E-state index contributed by atoms with van der Waals surface area (Å²) in [6, 6.07) is 3.23. The van der Waals surface area contributed by atoms with E-state index in [4.69, 9.17) is 4.74 Å². The number of ether oxygens (including phenoxy) is 1. The Morgan fingerprint density at radius 2 is 2.09 bits per heavy atom. The first-order valence-corrected chi connectivity index (χ1v) is 8.50. The lowest BCUT2D eigenvalue weighted by Gasteiger charge is -2.12. The number of carbonyl (C=O) groups excluding carboxylic acids is 1. The van der Waals surface area contributed by atoms with Crippen LogP contribution < -0.4 is 0 Å². The van der Waals surface area contributed by atoms with Crippen molar-refractivity contribution < 1.29 is 14.6 Å². The quantitative estimate of drug-likeness (QED) is 0.759. The van der Waals surface area contributed by atoms with Gasteiger partial charge in [0.15, 0.2) is 0 Å². The number of nitrogens with zero attached hydrogens (tertiary/aromatic N) is 2. The first-order chi connectivity index (χ1) is 10.5. The number of ketones is 1. The van der Waals surface area contributed by atoms with Crippen LogP contribution in [0.2, 0.25) is 0 Å². The van der Waals surface area contributed by atoms with E-state index in [-0.39, 0.29) is 11.5 Å². The Morgan fingerprint density at radius 1 is 1.41 bits per heavy atom. The Hall–Kier alpha value is -1.18. The average molecular weight is 430 g/mol. The molecule has 0 spiro atoms. The van der Waals surface area contributed by atoms with Crippen LogP contribution in [0.4, 0.5) is 0 Å². The van der Waals surface area contributed by atoms with Crippen molar-refractivity contribution in [1.82, 2.24) is 9.78 Å². The van der Waals surface area contributed by atoms with Gasteiger partial charge in [-0.3, -0.25) is 9.48 Å². The third-order valence-corrected chi connectivity index (χ3v) is 4.87. The van der Waals surface area contributed by atoms with E-state index in [1.165, 1.54) is 0 Å². The first-order valence-electron chi connectivity index (χ1n) is 6.92. The van der Waals surface area contributed by atoms with Gasteiger partial charge in [0.1, 0.15) is 11.4 Å². The van der Waals surface area contributed by atoms with Gasteiger partial charge in [0.2, 0.25) is 5.78 Å².